The van der Waals surface area contributed by atoms with Crippen molar-refractivity contribution in [3.8, 4) is 0 Å². The van der Waals surface area contributed by atoms with Gasteiger partial charge in [-0.3, -0.25) is 0 Å². The minimum absolute atomic E-state index is 0.179. The van der Waals surface area contributed by atoms with Gasteiger partial charge in [-0.1, -0.05) is 18.2 Å². The Morgan fingerprint density at radius 1 is 1.04 bits per heavy atom. The van der Waals surface area contributed by atoms with Gasteiger partial charge in [-0.25, -0.2) is 4.99 Å². The topological polar surface area (TPSA) is 37.5 Å². The summed E-state index contributed by atoms with van der Waals surface area (Å²) < 4.78 is 2.32. The highest BCUT2D eigenvalue weighted by molar-refractivity contribution is 7.07. The number of para-hydroxylation sites is 1. The quantitative estimate of drug-likeness (QED) is 0.876. The largest absolute Gasteiger partial charge is 0.395 e. The first-order valence-corrected chi connectivity index (χ1v) is 10.5. The van der Waals surface area contributed by atoms with E-state index in [-0.39, 0.29) is 6.61 Å². The first-order chi connectivity index (χ1) is 12.3. The minimum atomic E-state index is 0.179. The second-order valence-electron chi connectivity index (χ2n) is 8.42. The molecule has 1 aromatic heterocycles. The van der Waals surface area contributed by atoms with Crippen molar-refractivity contribution in [2.45, 2.75) is 50.5 Å². The third kappa shape index (κ3) is 2.70. The van der Waals surface area contributed by atoms with Crippen molar-refractivity contribution in [3.05, 3.63) is 46.2 Å². The molecule has 4 heteroatoms. The van der Waals surface area contributed by atoms with Crippen molar-refractivity contribution in [2.24, 2.45) is 22.7 Å². The number of aliphatic hydroxyl groups is 1. The van der Waals surface area contributed by atoms with Gasteiger partial charge in [0.2, 0.25) is 0 Å². The summed E-state index contributed by atoms with van der Waals surface area (Å²) in [5, 5.41) is 12.0. The zero-order valence-corrected chi connectivity index (χ0v) is 15.4. The van der Waals surface area contributed by atoms with Crippen molar-refractivity contribution in [1.82, 2.24) is 4.57 Å². The zero-order chi connectivity index (χ0) is 16.9. The molecule has 4 aliphatic carbocycles. The molecule has 0 atom stereocenters. The molecular weight excluding hydrogens is 328 g/mol. The van der Waals surface area contributed by atoms with E-state index in [2.05, 4.69) is 9.95 Å². The molecule has 1 heterocycles. The molecule has 0 radical (unpaired) electrons. The van der Waals surface area contributed by atoms with Crippen LogP contribution in [0.25, 0.3) is 0 Å². The molecular formula is C21H26N2OS. The van der Waals surface area contributed by atoms with Crippen LogP contribution in [0.4, 0.5) is 5.69 Å². The fourth-order valence-electron chi connectivity index (χ4n) is 6.19. The fourth-order valence-corrected chi connectivity index (χ4v) is 7.26. The van der Waals surface area contributed by atoms with Gasteiger partial charge in [-0.05, 0) is 68.4 Å². The van der Waals surface area contributed by atoms with E-state index in [0.717, 1.165) is 28.2 Å². The van der Waals surface area contributed by atoms with Crippen LogP contribution in [0.5, 0.6) is 0 Å². The number of aromatic nitrogens is 1. The van der Waals surface area contributed by atoms with Gasteiger partial charge in [0.25, 0.3) is 0 Å². The van der Waals surface area contributed by atoms with Gasteiger partial charge in [-0.2, -0.15) is 0 Å². The van der Waals surface area contributed by atoms with Gasteiger partial charge in [0.15, 0.2) is 4.80 Å². The molecule has 6 rings (SSSR count). The molecule has 0 amide bonds. The molecule has 2 aromatic rings. The lowest BCUT2D eigenvalue weighted by molar-refractivity contribution is -0.00918. The van der Waals surface area contributed by atoms with E-state index in [4.69, 9.17) is 4.99 Å². The molecule has 4 saturated carbocycles. The molecule has 1 N–H and O–H groups in total. The van der Waals surface area contributed by atoms with E-state index in [1.807, 2.05) is 30.3 Å². The van der Waals surface area contributed by atoms with Gasteiger partial charge < -0.3 is 9.67 Å². The van der Waals surface area contributed by atoms with Crippen LogP contribution in [0.15, 0.2) is 40.7 Å². The molecule has 4 fully saturated rings. The van der Waals surface area contributed by atoms with Gasteiger partial charge in [0.1, 0.15) is 0 Å². The van der Waals surface area contributed by atoms with E-state index < -0.39 is 0 Å². The first-order valence-electron chi connectivity index (χ1n) is 9.65. The summed E-state index contributed by atoms with van der Waals surface area (Å²) in [5.74, 6) is 2.80. The maximum Gasteiger partial charge on any atom is 0.190 e. The molecule has 0 aliphatic heterocycles. The number of hydrogen-bond acceptors (Lipinski definition) is 3. The van der Waals surface area contributed by atoms with Crippen molar-refractivity contribution in [3.63, 3.8) is 0 Å². The number of benzene rings is 1. The highest BCUT2D eigenvalue weighted by atomic mass is 32.1. The normalized spacial score (nSPS) is 34.0. The molecule has 132 valence electrons. The van der Waals surface area contributed by atoms with Crippen LogP contribution in [0.2, 0.25) is 0 Å². The van der Waals surface area contributed by atoms with Gasteiger partial charge >= 0.3 is 0 Å². The Morgan fingerprint density at radius 3 is 2.28 bits per heavy atom. The molecule has 0 saturated heterocycles. The summed E-state index contributed by atoms with van der Waals surface area (Å²) in [5.41, 5.74) is 2.80. The Balaban J connectivity index is 1.59. The molecule has 0 spiro atoms. The predicted molar refractivity (Wildman–Crippen MR) is 101 cm³/mol. The SMILES string of the molecule is OCCn1c(C23CC4CC(CC(C4)C2)C3)csc1=Nc1ccccc1. The van der Waals surface area contributed by atoms with Gasteiger partial charge in [-0.15, -0.1) is 11.3 Å². The van der Waals surface area contributed by atoms with E-state index in [1.54, 1.807) is 11.3 Å². The Bertz CT molecular complexity index is 785. The lowest BCUT2D eigenvalue weighted by Crippen LogP contribution is -2.49. The van der Waals surface area contributed by atoms with Crippen molar-refractivity contribution >= 4 is 17.0 Å². The molecule has 4 bridgehead atoms. The van der Waals surface area contributed by atoms with Crippen LogP contribution in [0.3, 0.4) is 0 Å². The Hall–Kier alpha value is -1.39. The van der Waals surface area contributed by atoms with Gasteiger partial charge in [0, 0.05) is 23.0 Å². The Labute approximate surface area is 153 Å². The lowest BCUT2D eigenvalue weighted by Gasteiger charge is -2.56. The van der Waals surface area contributed by atoms with E-state index in [9.17, 15) is 5.11 Å². The van der Waals surface area contributed by atoms with Crippen LogP contribution in [-0.2, 0) is 12.0 Å². The average Bonchev–Trinajstić information content (AvgIpc) is 2.98. The molecule has 4 aliphatic rings. The monoisotopic (exact) mass is 354 g/mol. The highest BCUT2D eigenvalue weighted by Gasteiger charge is 2.52. The maximum atomic E-state index is 9.68. The lowest BCUT2D eigenvalue weighted by atomic mass is 9.49. The molecule has 3 nitrogen and oxygen atoms in total. The average molecular weight is 355 g/mol. The summed E-state index contributed by atoms with van der Waals surface area (Å²) in [6, 6.07) is 10.2. The zero-order valence-electron chi connectivity index (χ0n) is 14.6. The number of rotatable bonds is 4. The second-order valence-corrected chi connectivity index (χ2v) is 9.26. The summed E-state index contributed by atoms with van der Waals surface area (Å²) in [7, 11) is 0. The van der Waals surface area contributed by atoms with Crippen molar-refractivity contribution in [2.75, 3.05) is 6.61 Å². The Kier molecular flexibility index (Phi) is 3.86. The van der Waals surface area contributed by atoms with E-state index >= 15 is 0 Å². The molecule has 25 heavy (non-hydrogen) atoms. The number of aliphatic hydroxyl groups excluding tert-OH is 1. The van der Waals surface area contributed by atoms with E-state index in [1.165, 1.54) is 44.2 Å². The third-order valence-corrected chi connectivity index (χ3v) is 7.55. The molecule has 0 unspecified atom stereocenters. The van der Waals surface area contributed by atoms with Crippen molar-refractivity contribution in [1.29, 1.82) is 0 Å². The maximum absolute atomic E-state index is 9.68. The number of thiazole rings is 1. The van der Waals surface area contributed by atoms with Crippen LogP contribution in [-0.4, -0.2) is 16.3 Å². The predicted octanol–water partition coefficient (Wildman–Crippen LogP) is 4.24. The van der Waals surface area contributed by atoms with Crippen LogP contribution >= 0.6 is 11.3 Å². The summed E-state index contributed by atoms with van der Waals surface area (Å²) in [6.07, 6.45) is 8.45. The van der Waals surface area contributed by atoms with Crippen molar-refractivity contribution < 1.29 is 5.11 Å². The minimum Gasteiger partial charge on any atom is -0.395 e. The number of hydrogen-bond donors (Lipinski definition) is 1. The smallest absolute Gasteiger partial charge is 0.190 e. The standard InChI is InChI=1S/C21H26N2OS/c24-7-6-23-19(14-25-20(23)22-18-4-2-1-3-5-18)21-11-15-8-16(12-21)10-17(9-15)13-21/h1-5,14-17,24H,6-13H2. The summed E-state index contributed by atoms with van der Waals surface area (Å²) in [4.78, 5) is 5.91. The van der Waals surface area contributed by atoms with Crippen LogP contribution in [0, 0.1) is 17.8 Å². The number of nitrogens with zero attached hydrogens (tertiary/aromatic N) is 2. The highest BCUT2D eigenvalue weighted by Crippen LogP contribution is 2.60. The van der Waals surface area contributed by atoms with Gasteiger partial charge in [0.05, 0.1) is 12.3 Å². The first kappa shape index (κ1) is 15.8. The van der Waals surface area contributed by atoms with Crippen LogP contribution < -0.4 is 4.80 Å². The Morgan fingerprint density at radius 2 is 1.68 bits per heavy atom. The summed E-state index contributed by atoms with van der Waals surface area (Å²) >= 11 is 1.75. The third-order valence-electron chi connectivity index (χ3n) is 6.68. The fraction of sp³-hybridized carbons (Fsp3) is 0.571. The summed E-state index contributed by atoms with van der Waals surface area (Å²) in [6.45, 7) is 0.838. The second kappa shape index (κ2) is 6.10. The van der Waals surface area contributed by atoms with E-state index in [0.29, 0.717) is 12.0 Å². The van der Waals surface area contributed by atoms with Crippen LogP contribution in [0.1, 0.15) is 44.2 Å². The molecule has 1 aromatic carbocycles.